The van der Waals surface area contributed by atoms with Gasteiger partial charge < -0.3 is 10.0 Å². The molecule has 1 fully saturated rings. The lowest BCUT2D eigenvalue weighted by Gasteiger charge is -2.30. The van der Waals surface area contributed by atoms with Crippen molar-refractivity contribution in [1.29, 1.82) is 0 Å². The molecule has 1 amide bonds. The molecule has 0 aliphatic heterocycles. The van der Waals surface area contributed by atoms with Crippen LogP contribution in [0.3, 0.4) is 0 Å². The molecule has 0 unspecified atom stereocenters. The zero-order chi connectivity index (χ0) is 13.1. The van der Waals surface area contributed by atoms with Gasteiger partial charge in [0.25, 0.3) is 0 Å². The van der Waals surface area contributed by atoms with E-state index in [9.17, 15) is 9.59 Å². The normalized spacial score (nSPS) is 14.9. The Morgan fingerprint density at radius 3 is 2.33 bits per heavy atom. The number of carbonyl (C=O) groups is 2. The fourth-order valence-electron chi connectivity index (χ4n) is 1.93. The minimum Gasteiger partial charge on any atom is -0.480 e. The van der Waals surface area contributed by atoms with Gasteiger partial charge in [-0.25, -0.2) is 0 Å². The number of carbonyl (C=O) groups excluding carboxylic acids is 1. The molecule has 1 N–H and O–H groups in total. The summed E-state index contributed by atoms with van der Waals surface area (Å²) >= 11 is 5.78. The van der Waals surface area contributed by atoms with E-state index >= 15 is 0 Å². The standard InChI is InChI=1S/C13H14ClNO3/c14-10-4-6-11(7-5-10)15(8-12(16)17)13(18)9-2-1-3-9/h4-7,9H,1-3,8H2,(H,16,17). The molecule has 0 spiro atoms. The van der Waals surface area contributed by atoms with Crippen LogP contribution in [0.15, 0.2) is 24.3 Å². The molecule has 0 saturated heterocycles. The Bertz CT molecular complexity index is 454. The highest BCUT2D eigenvalue weighted by Gasteiger charge is 2.31. The molecular formula is C13H14ClNO3. The third-order valence-corrected chi connectivity index (χ3v) is 3.40. The van der Waals surface area contributed by atoms with Gasteiger partial charge in [0.2, 0.25) is 5.91 Å². The molecule has 1 aliphatic rings. The number of hydrogen-bond acceptors (Lipinski definition) is 2. The second kappa shape index (κ2) is 5.40. The van der Waals surface area contributed by atoms with Gasteiger partial charge in [0.05, 0.1) is 0 Å². The number of aliphatic carboxylic acids is 1. The number of carboxylic acid groups (broad SMARTS) is 1. The second-order valence-corrected chi connectivity index (χ2v) is 4.86. The van der Waals surface area contributed by atoms with Gasteiger partial charge in [-0.05, 0) is 37.1 Å². The maximum atomic E-state index is 12.2. The smallest absolute Gasteiger partial charge is 0.323 e. The summed E-state index contributed by atoms with van der Waals surface area (Å²) in [5.41, 5.74) is 0.582. The molecule has 0 bridgehead atoms. The lowest BCUT2D eigenvalue weighted by Crippen LogP contribution is -2.41. The Labute approximate surface area is 110 Å². The fraction of sp³-hybridized carbons (Fsp3) is 0.385. The first kappa shape index (κ1) is 12.9. The molecule has 0 aromatic heterocycles. The van der Waals surface area contributed by atoms with Gasteiger partial charge in [0.15, 0.2) is 0 Å². The molecule has 18 heavy (non-hydrogen) atoms. The topological polar surface area (TPSA) is 57.6 Å². The van der Waals surface area contributed by atoms with Gasteiger partial charge >= 0.3 is 5.97 Å². The van der Waals surface area contributed by atoms with Crippen LogP contribution in [0.1, 0.15) is 19.3 Å². The van der Waals surface area contributed by atoms with Crippen LogP contribution in [-0.2, 0) is 9.59 Å². The van der Waals surface area contributed by atoms with E-state index in [1.807, 2.05) is 0 Å². The van der Waals surface area contributed by atoms with Crippen molar-refractivity contribution in [2.45, 2.75) is 19.3 Å². The van der Waals surface area contributed by atoms with Crippen LogP contribution in [0.2, 0.25) is 5.02 Å². The van der Waals surface area contributed by atoms with Crippen LogP contribution in [0.5, 0.6) is 0 Å². The predicted octanol–water partition coefficient (Wildman–Crippen LogP) is 2.56. The number of hydrogen-bond donors (Lipinski definition) is 1. The van der Waals surface area contributed by atoms with Gasteiger partial charge in [0, 0.05) is 16.6 Å². The van der Waals surface area contributed by atoms with Crippen molar-refractivity contribution in [3.63, 3.8) is 0 Å². The second-order valence-electron chi connectivity index (χ2n) is 4.42. The van der Waals surface area contributed by atoms with Crippen LogP contribution < -0.4 is 4.90 Å². The molecule has 0 radical (unpaired) electrons. The number of benzene rings is 1. The Balaban J connectivity index is 2.20. The maximum Gasteiger partial charge on any atom is 0.323 e. The number of carboxylic acids is 1. The van der Waals surface area contributed by atoms with Crippen molar-refractivity contribution in [3.05, 3.63) is 29.3 Å². The van der Waals surface area contributed by atoms with Crippen LogP contribution >= 0.6 is 11.6 Å². The first-order valence-electron chi connectivity index (χ1n) is 5.86. The molecule has 1 aromatic carbocycles. The van der Waals surface area contributed by atoms with E-state index in [1.165, 1.54) is 4.90 Å². The van der Waals surface area contributed by atoms with E-state index in [0.29, 0.717) is 10.7 Å². The van der Waals surface area contributed by atoms with Crippen LogP contribution in [0.25, 0.3) is 0 Å². The lowest BCUT2D eigenvalue weighted by atomic mass is 9.84. The molecule has 0 atom stereocenters. The summed E-state index contributed by atoms with van der Waals surface area (Å²) in [6.07, 6.45) is 2.74. The van der Waals surface area contributed by atoms with Gasteiger partial charge in [-0.2, -0.15) is 0 Å². The average Bonchev–Trinajstić information content (AvgIpc) is 2.24. The molecule has 1 aromatic rings. The summed E-state index contributed by atoms with van der Waals surface area (Å²) < 4.78 is 0. The van der Waals surface area contributed by atoms with E-state index in [2.05, 4.69) is 0 Å². The Hall–Kier alpha value is -1.55. The number of anilines is 1. The third-order valence-electron chi connectivity index (χ3n) is 3.15. The molecular weight excluding hydrogens is 254 g/mol. The molecule has 1 saturated carbocycles. The third kappa shape index (κ3) is 2.82. The Kier molecular flexibility index (Phi) is 3.87. The lowest BCUT2D eigenvalue weighted by molar-refractivity contribution is -0.137. The Morgan fingerprint density at radius 2 is 1.89 bits per heavy atom. The Morgan fingerprint density at radius 1 is 1.28 bits per heavy atom. The zero-order valence-corrected chi connectivity index (χ0v) is 10.6. The minimum atomic E-state index is -1.02. The van der Waals surface area contributed by atoms with Gasteiger partial charge in [-0.3, -0.25) is 9.59 Å². The number of amides is 1. The van der Waals surface area contributed by atoms with Gasteiger partial charge in [-0.15, -0.1) is 0 Å². The molecule has 1 aliphatic carbocycles. The molecule has 0 heterocycles. The van der Waals surface area contributed by atoms with Crippen LogP contribution in [-0.4, -0.2) is 23.5 Å². The number of halogens is 1. The van der Waals surface area contributed by atoms with Crippen LogP contribution in [0.4, 0.5) is 5.69 Å². The fourth-order valence-corrected chi connectivity index (χ4v) is 2.05. The van der Waals surface area contributed by atoms with Crippen molar-refractivity contribution in [1.82, 2.24) is 0 Å². The number of rotatable bonds is 4. The first-order chi connectivity index (χ1) is 8.58. The van der Waals surface area contributed by atoms with E-state index in [-0.39, 0.29) is 18.4 Å². The molecule has 2 rings (SSSR count). The molecule has 5 heteroatoms. The van der Waals surface area contributed by atoms with E-state index < -0.39 is 5.97 Å². The van der Waals surface area contributed by atoms with E-state index in [4.69, 9.17) is 16.7 Å². The quantitative estimate of drug-likeness (QED) is 0.912. The van der Waals surface area contributed by atoms with Crippen molar-refractivity contribution in [3.8, 4) is 0 Å². The summed E-state index contributed by atoms with van der Waals surface area (Å²) in [5, 5.41) is 9.46. The predicted molar refractivity (Wildman–Crippen MR) is 68.8 cm³/mol. The molecule has 96 valence electrons. The SMILES string of the molecule is O=C(O)CN(C(=O)C1CCC1)c1ccc(Cl)cc1. The summed E-state index contributed by atoms with van der Waals surface area (Å²) in [6, 6.07) is 6.64. The largest absolute Gasteiger partial charge is 0.480 e. The highest BCUT2D eigenvalue weighted by Crippen LogP contribution is 2.30. The summed E-state index contributed by atoms with van der Waals surface area (Å²) in [4.78, 5) is 24.4. The first-order valence-corrected chi connectivity index (χ1v) is 6.24. The van der Waals surface area contributed by atoms with Crippen molar-refractivity contribution in [2.75, 3.05) is 11.4 Å². The maximum absolute atomic E-state index is 12.2. The highest BCUT2D eigenvalue weighted by molar-refractivity contribution is 6.30. The van der Waals surface area contributed by atoms with E-state index in [0.717, 1.165) is 19.3 Å². The van der Waals surface area contributed by atoms with Gasteiger partial charge in [-0.1, -0.05) is 18.0 Å². The number of nitrogens with zero attached hydrogens (tertiary/aromatic N) is 1. The van der Waals surface area contributed by atoms with Crippen LogP contribution in [0, 0.1) is 5.92 Å². The summed E-state index contributed by atoms with van der Waals surface area (Å²) in [5.74, 6) is -1.15. The van der Waals surface area contributed by atoms with Crippen molar-refractivity contribution < 1.29 is 14.7 Å². The molecule has 4 nitrogen and oxygen atoms in total. The van der Waals surface area contributed by atoms with Crippen molar-refractivity contribution >= 4 is 29.2 Å². The minimum absolute atomic E-state index is 0.0278. The van der Waals surface area contributed by atoms with Crippen molar-refractivity contribution in [2.24, 2.45) is 5.92 Å². The summed E-state index contributed by atoms with van der Waals surface area (Å²) in [7, 11) is 0. The zero-order valence-electron chi connectivity index (χ0n) is 9.80. The monoisotopic (exact) mass is 267 g/mol. The average molecular weight is 268 g/mol. The highest BCUT2D eigenvalue weighted by atomic mass is 35.5. The summed E-state index contributed by atoms with van der Waals surface area (Å²) in [6.45, 7) is -0.309. The van der Waals surface area contributed by atoms with E-state index in [1.54, 1.807) is 24.3 Å². The van der Waals surface area contributed by atoms with Gasteiger partial charge in [0.1, 0.15) is 6.54 Å².